The summed E-state index contributed by atoms with van der Waals surface area (Å²) < 4.78 is 0. The SMILES string of the molecule is CN1CCN(C(CCN)c2ccccc2)CC1=O. The Bertz CT molecular complexity index is 393. The van der Waals surface area contributed by atoms with Crippen LogP contribution in [0.1, 0.15) is 18.0 Å². The maximum Gasteiger partial charge on any atom is 0.236 e. The molecule has 1 aromatic rings. The van der Waals surface area contributed by atoms with Gasteiger partial charge in [0.2, 0.25) is 5.91 Å². The number of hydrogen-bond acceptors (Lipinski definition) is 3. The molecule has 2 N–H and O–H groups in total. The highest BCUT2D eigenvalue weighted by atomic mass is 16.2. The molecule has 1 atom stereocenters. The van der Waals surface area contributed by atoms with Gasteiger partial charge in [0.15, 0.2) is 0 Å². The van der Waals surface area contributed by atoms with E-state index in [-0.39, 0.29) is 11.9 Å². The number of nitrogens with zero attached hydrogens (tertiary/aromatic N) is 2. The summed E-state index contributed by atoms with van der Waals surface area (Å²) in [6.45, 7) is 2.85. The molecule has 1 heterocycles. The first-order chi connectivity index (χ1) is 8.72. The van der Waals surface area contributed by atoms with E-state index in [4.69, 9.17) is 5.73 Å². The number of likely N-dealkylation sites (N-methyl/N-ethyl adjacent to an activating group) is 1. The monoisotopic (exact) mass is 247 g/mol. The van der Waals surface area contributed by atoms with Crippen LogP contribution in [0.2, 0.25) is 0 Å². The van der Waals surface area contributed by atoms with Gasteiger partial charge < -0.3 is 10.6 Å². The molecule has 98 valence electrons. The highest BCUT2D eigenvalue weighted by Gasteiger charge is 2.27. The maximum atomic E-state index is 11.8. The van der Waals surface area contributed by atoms with Crippen molar-refractivity contribution >= 4 is 5.91 Å². The molecule has 1 fully saturated rings. The van der Waals surface area contributed by atoms with Crippen LogP contribution in [0.5, 0.6) is 0 Å². The third kappa shape index (κ3) is 2.89. The Kier molecular flexibility index (Phi) is 4.33. The number of carbonyl (C=O) groups excluding carboxylic acids is 1. The van der Waals surface area contributed by atoms with Gasteiger partial charge in [0, 0.05) is 26.2 Å². The molecule has 1 aliphatic rings. The van der Waals surface area contributed by atoms with Crippen molar-refractivity contribution in [3.05, 3.63) is 35.9 Å². The first-order valence-electron chi connectivity index (χ1n) is 6.45. The van der Waals surface area contributed by atoms with Gasteiger partial charge in [-0.3, -0.25) is 9.69 Å². The number of amides is 1. The van der Waals surface area contributed by atoms with Crippen molar-refractivity contribution in [1.29, 1.82) is 0 Å². The fourth-order valence-electron chi connectivity index (χ4n) is 2.44. The van der Waals surface area contributed by atoms with E-state index < -0.39 is 0 Å². The van der Waals surface area contributed by atoms with E-state index in [0.29, 0.717) is 13.1 Å². The third-order valence-electron chi connectivity index (χ3n) is 3.55. The summed E-state index contributed by atoms with van der Waals surface area (Å²) >= 11 is 0. The summed E-state index contributed by atoms with van der Waals surface area (Å²) in [4.78, 5) is 15.8. The molecular formula is C14H21N3O. The van der Waals surface area contributed by atoms with E-state index in [1.165, 1.54) is 5.56 Å². The Balaban J connectivity index is 2.13. The van der Waals surface area contributed by atoms with Gasteiger partial charge in [0.25, 0.3) is 0 Å². The summed E-state index contributed by atoms with van der Waals surface area (Å²) in [5, 5.41) is 0. The Labute approximate surface area is 108 Å². The lowest BCUT2D eigenvalue weighted by Gasteiger charge is -2.37. The molecule has 0 spiro atoms. The molecule has 1 aliphatic heterocycles. The number of piperazine rings is 1. The second kappa shape index (κ2) is 5.98. The molecule has 2 rings (SSSR count). The van der Waals surface area contributed by atoms with Crippen LogP contribution in [0.25, 0.3) is 0 Å². The third-order valence-corrected chi connectivity index (χ3v) is 3.55. The van der Waals surface area contributed by atoms with Crippen molar-refractivity contribution < 1.29 is 4.79 Å². The van der Waals surface area contributed by atoms with Gasteiger partial charge >= 0.3 is 0 Å². The quantitative estimate of drug-likeness (QED) is 0.858. The Hall–Kier alpha value is -1.39. The molecule has 4 heteroatoms. The molecule has 0 radical (unpaired) electrons. The number of benzene rings is 1. The van der Waals surface area contributed by atoms with Crippen LogP contribution in [0.15, 0.2) is 30.3 Å². The van der Waals surface area contributed by atoms with Gasteiger partial charge in [-0.2, -0.15) is 0 Å². The summed E-state index contributed by atoms with van der Waals surface area (Å²) in [5.74, 6) is 0.194. The lowest BCUT2D eigenvalue weighted by molar-refractivity contribution is -0.135. The minimum atomic E-state index is 0.194. The van der Waals surface area contributed by atoms with Gasteiger partial charge in [-0.1, -0.05) is 30.3 Å². The normalized spacial score (nSPS) is 19.0. The van der Waals surface area contributed by atoms with Crippen molar-refractivity contribution in [2.24, 2.45) is 5.73 Å². The van der Waals surface area contributed by atoms with E-state index >= 15 is 0 Å². The summed E-state index contributed by atoms with van der Waals surface area (Å²) in [5.41, 5.74) is 6.96. The first kappa shape index (κ1) is 13.1. The fraction of sp³-hybridized carbons (Fsp3) is 0.500. The van der Waals surface area contributed by atoms with Crippen LogP contribution >= 0.6 is 0 Å². The van der Waals surface area contributed by atoms with Crippen molar-refractivity contribution in [3.8, 4) is 0 Å². The first-order valence-corrected chi connectivity index (χ1v) is 6.45. The predicted molar refractivity (Wildman–Crippen MR) is 72.1 cm³/mol. The van der Waals surface area contributed by atoms with E-state index in [0.717, 1.165) is 19.5 Å². The van der Waals surface area contributed by atoms with Crippen LogP contribution in [-0.2, 0) is 4.79 Å². The lowest BCUT2D eigenvalue weighted by atomic mass is 10.0. The largest absolute Gasteiger partial charge is 0.343 e. The van der Waals surface area contributed by atoms with Crippen LogP contribution in [-0.4, -0.2) is 48.9 Å². The Morgan fingerprint density at radius 3 is 2.61 bits per heavy atom. The number of hydrogen-bond donors (Lipinski definition) is 1. The van der Waals surface area contributed by atoms with E-state index in [1.807, 2.05) is 25.2 Å². The average molecular weight is 247 g/mol. The Morgan fingerprint density at radius 1 is 1.28 bits per heavy atom. The van der Waals surface area contributed by atoms with Crippen LogP contribution in [0, 0.1) is 0 Å². The zero-order chi connectivity index (χ0) is 13.0. The minimum absolute atomic E-state index is 0.194. The van der Waals surface area contributed by atoms with Crippen molar-refractivity contribution in [1.82, 2.24) is 9.80 Å². The van der Waals surface area contributed by atoms with Gasteiger partial charge in [-0.05, 0) is 18.5 Å². The highest BCUT2D eigenvalue weighted by molar-refractivity contribution is 5.78. The zero-order valence-electron chi connectivity index (χ0n) is 10.9. The Morgan fingerprint density at radius 2 is 2.00 bits per heavy atom. The van der Waals surface area contributed by atoms with Crippen molar-refractivity contribution in [2.45, 2.75) is 12.5 Å². The van der Waals surface area contributed by atoms with Gasteiger partial charge in [-0.25, -0.2) is 0 Å². The second-order valence-electron chi connectivity index (χ2n) is 4.79. The number of rotatable bonds is 4. The smallest absolute Gasteiger partial charge is 0.236 e. The average Bonchev–Trinajstić information content (AvgIpc) is 2.40. The van der Waals surface area contributed by atoms with E-state index in [1.54, 1.807) is 4.90 Å². The van der Waals surface area contributed by atoms with Gasteiger partial charge in [0.1, 0.15) is 0 Å². The zero-order valence-corrected chi connectivity index (χ0v) is 10.9. The minimum Gasteiger partial charge on any atom is -0.343 e. The molecule has 1 saturated heterocycles. The summed E-state index contributed by atoms with van der Waals surface area (Å²) in [7, 11) is 1.86. The maximum absolute atomic E-state index is 11.8. The molecule has 0 aromatic heterocycles. The number of nitrogens with two attached hydrogens (primary N) is 1. The molecule has 1 unspecified atom stereocenters. The lowest BCUT2D eigenvalue weighted by Crippen LogP contribution is -2.49. The second-order valence-corrected chi connectivity index (χ2v) is 4.79. The summed E-state index contributed by atoms with van der Waals surface area (Å²) in [6.07, 6.45) is 0.890. The number of carbonyl (C=O) groups is 1. The molecule has 1 aromatic carbocycles. The summed E-state index contributed by atoms with van der Waals surface area (Å²) in [6, 6.07) is 10.6. The van der Waals surface area contributed by atoms with Crippen LogP contribution < -0.4 is 5.73 Å². The van der Waals surface area contributed by atoms with Crippen LogP contribution in [0.3, 0.4) is 0 Å². The van der Waals surface area contributed by atoms with E-state index in [9.17, 15) is 4.79 Å². The molecule has 0 aliphatic carbocycles. The molecule has 0 saturated carbocycles. The molecule has 18 heavy (non-hydrogen) atoms. The van der Waals surface area contributed by atoms with Crippen molar-refractivity contribution in [3.63, 3.8) is 0 Å². The van der Waals surface area contributed by atoms with Crippen LogP contribution in [0.4, 0.5) is 0 Å². The highest BCUT2D eigenvalue weighted by Crippen LogP contribution is 2.24. The molecular weight excluding hydrogens is 226 g/mol. The fourth-order valence-corrected chi connectivity index (χ4v) is 2.44. The standard InChI is InChI=1S/C14H21N3O/c1-16-9-10-17(11-14(16)18)13(7-8-15)12-5-3-2-4-6-12/h2-6,13H,7-11,15H2,1H3. The molecule has 0 bridgehead atoms. The van der Waals surface area contributed by atoms with Crippen molar-refractivity contribution in [2.75, 3.05) is 33.2 Å². The van der Waals surface area contributed by atoms with Gasteiger partial charge in [-0.15, -0.1) is 0 Å². The predicted octanol–water partition coefficient (Wildman–Crippen LogP) is 0.850. The molecule has 1 amide bonds. The van der Waals surface area contributed by atoms with Gasteiger partial charge in [0.05, 0.1) is 6.54 Å². The molecule has 4 nitrogen and oxygen atoms in total. The topological polar surface area (TPSA) is 49.6 Å². The van der Waals surface area contributed by atoms with E-state index in [2.05, 4.69) is 17.0 Å².